The predicted octanol–water partition coefficient (Wildman–Crippen LogP) is 4.37. The van der Waals surface area contributed by atoms with Crippen LogP contribution in [0, 0.1) is 5.92 Å². The SMILES string of the molecule is CC(C)C[C@@H](N)c1csc2ccccc12.Cl. The van der Waals surface area contributed by atoms with E-state index in [0.717, 1.165) is 6.42 Å². The number of fused-ring (bicyclic) bond motifs is 1. The normalized spacial score (nSPS) is 12.8. The molecule has 1 atom stereocenters. The first-order chi connectivity index (χ1) is 7.18. The van der Waals surface area contributed by atoms with Crippen LogP contribution in [0.25, 0.3) is 10.1 Å². The highest BCUT2D eigenvalue weighted by molar-refractivity contribution is 7.17. The average Bonchev–Trinajstić information content (AvgIpc) is 2.59. The first-order valence-corrected chi connectivity index (χ1v) is 6.28. The van der Waals surface area contributed by atoms with Crippen molar-refractivity contribution in [3.63, 3.8) is 0 Å². The Hall–Kier alpha value is -0.570. The molecule has 1 aromatic heterocycles. The Bertz CT molecular complexity index is 450. The summed E-state index contributed by atoms with van der Waals surface area (Å²) >= 11 is 1.79. The molecule has 1 aromatic carbocycles. The molecule has 1 heterocycles. The molecule has 2 N–H and O–H groups in total. The molecular formula is C13H18ClNS. The molecule has 0 bridgehead atoms. The van der Waals surface area contributed by atoms with Gasteiger partial charge in [0, 0.05) is 10.7 Å². The van der Waals surface area contributed by atoms with E-state index in [2.05, 4.69) is 43.5 Å². The van der Waals surface area contributed by atoms with Crippen LogP contribution in [0.4, 0.5) is 0 Å². The van der Waals surface area contributed by atoms with E-state index < -0.39 is 0 Å². The van der Waals surface area contributed by atoms with E-state index in [1.807, 2.05) is 0 Å². The summed E-state index contributed by atoms with van der Waals surface area (Å²) in [4.78, 5) is 0. The number of benzene rings is 1. The van der Waals surface area contributed by atoms with Crippen molar-refractivity contribution in [3.8, 4) is 0 Å². The van der Waals surface area contributed by atoms with Crippen LogP contribution in [0.1, 0.15) is 31.9 Å². The number of thiophene rings is 1. The Morgan fingerprint density at radius 2 is 1.94 bits per heavy atom. The highest BCUT2D eigenvalue weighted by Crippen LogP contribution is 2.31. The van der Waals surface area contributed by atoms with Crippen LogP contribution in [0.15, 0.2) is 29.6 Å². The zero-order valence-corrected chi connectivity index (χ0v) is 11.3. The number of hydrogen-bond acceptors (Lipinski definition) is 2. The van der Waals surface area contributed by atoms with Crippen molar-refractivity contribution >= 4 is 33.8 Å². The van der Waals surface area contributed by atoms with Crippen LogP contribution in [-0.2, 0) is 0 Å². The molecular weight excluding hydrogens is 238 g/mol. The molecule has 0 radical (unpaired) electrons. The smallest absolute Gasteiger partial charge is 0.0346 e. The minimum absolute atomic E-state index is 0. The zero-order chi connectivity index (χ0) is 10.8. The van der Waals surface area contributed by atoms with Crippen molar-refractivity contribution in [1.82, 2.24) is 0 Å². The molecule has 0 aliphatic heterocycles. The van der Waals surface area contributed by atoms with Gasteiger partial charge in [0.15, 0.2) is 0 Å². The fourth-order valence-electron chi connectivity index (χ4n) is 1.92. The van der Waals surface area contributed by atoms with Crippen molar-refractivity contribution in [2.24, 2.45) is 11.7 Å². The number of hydrogen-bond donors (Lipinski definition) is 1. The van der Waals surface area contributed by atoms with Gasteiger partial charge < -0.3 is 5.73 Å². The molecule has 16 heavy (non-hydrogen) atoms. The van der Waals surface area contributed by atoms with Crippen molar-refractivity contribution in [2.75, 3.05) is 0 Å². The average molecular weight is 256 g/mol. The van der Waals surface area contributed by atoms with Gasteiger partial charge in [0.25, 0.3) is 0 Å². The Morgan fingerprint density at radius 3 is 2.62 bits per heavy atom. The molecule has 0 fully saturated rings. The molecule has 0 unspecified atom stereocenters. The molecule has 0 saturated carbocycles. The lowest BCUT2D eigenvalue weighted by atomic mass is 9.97. The Balaban J connectivity index is 0.00000128. The van der Waals surface area contributed by atoms with E-state index in [1.165, 1.54) is 15.6 Å². The van der Waals surface area contributed by atoms with Crippen molar-refractivity contribution in [2.45, 2.75) is 26.3 Å². The van der Waals surface area contributed by atoms with E-state index >= 15 is 0 Å². The standard InChI is InChI=1S/C13H17NS.ClH/c1-9(2)7-12(14)11-8-15-13-6-4-3-5-10(11)13;/h3-6,8-9,12H,7,14H2,1-2H3;1H/t12-;/m1./s1. The summed E-state index contributed by atoms with van der Waals surface area (Å²) in [6.07, 6.45) is 1.06. The molecule has 0 spiro atoms. The van der Waals surface area contributed by atoms with Crippen molar-refractivity contribution < 1.29 is 0 Å². The summed E-state index contributed by atoms with van der Waals surface area (Å²) < 4.78 is 1.34. The lowest BCUT2D eigenvalue weighted by molar-refractivity contribution is 0.512. The van der Waals surface area contributed by atoms with Gasteiger partial charge >= 0.3 is 0 Å². The second-order valence-electron chi connectivity index (χ2n) is 4.42. The maximum absolute atomic E-state index is 6.21. The summed E-state index contributed by atoms with van der Waals surface area (Å²) in [5.41, 5.74) is 7.52. The third kappa shape index (κ3) is 2.76. The maximum atomic E-state index is 6.21. The predicted molar refractivity (Wildman–Crippen MR) is 75.5 cm³/mol. The Labute approximate surface area is 107 Å². The molecule has 0 aliphatic carbocycles. The molecule has 88 valence electrons. The number of rotatable bonds is 3. The van der Waals surface area contributed by atoms with E-state index in [-0.39, 0.29) is 18.4 Å². The first kappa shape index (κ1) is 13.5. The van der Waals surface area contributed by atoms with Crippen LogP contribution in [-0.4, -0.2) is 0 Å². The van der Waals surface area contributed by atoms with E-state index in [0.29, 0.717) is 5.92 Å². The fourth-order valence-corrected chi connectivity index (χ4v) is 2.95. The molecule has 0 aliphatic rings. The Morgan fingerprint density at radius 1 is 1.25 bits per heavy atom. The van der Waals surface area contributed by atoms with E-state index in [4.69, 9.17) is 5.73 Å². The highest BCUT2D eigenvalue weighted by Gasteiger charge is 2.12. The van der Waals surface area contributed by atoms with Gasteiger partial charge in [-0.1, -0.05) is 32.0 Å². The van der Waals surface area contributed by atoms with E-state index in [9.17, 15) is 0 Å². The monoisotopic (exact) mass is 255 g/mol. The molecule has 0 amide bonds. The first-order valence-electron chi connectivity index (χ1n) is 5.40. The molecule has 2 aromatic rings. The molecule has 3 heteroatoms. The van der Waals surface area contributed by atoms with Gasteiger partial charge in [-0.3, -0.25) is 0 Å². The number of halogens is 1. The Kier molecular flexibility index (Phi) is 4.78. The summed E-state index contributed by atoms with van der Waals surface area (Å²) in [6.45, 7) is 4.43. The van der Waals surface area contributed by atoms with Gasteiger partial charge in [-0.05, 0) is 34.7 Å². The van der Waals surface area contributed by atoms with Gasteiger partial charge in [-0.15, -0.1) is 23.7 Å². The van der Waals surface area contributed by atoms with Crippen LogP contribution in [0.5, 0.6) is 0 Å². The topological polar surface area (TPSA) is 26.0 Å². The summed E-state index contributed by atoms with van der Waals surface area (Å²) in [5, 5.41) is 3.54. The second kappa shape index (κ2) is 5.67. The molecule has 0 saturated heterocycles. The van der Waals surface area contributed by atoms with Crippen molar-refractivity contribution in [3.05, 3.63) is 35.2 Å². The van der Waals surface area contributed by atoms with Gasteiger partial charge in [-0.25, -0.2) is 0 Å². The van der Waals surface area contributed by atoms with Crippen LogP contribution in [0.3, 0.4) is 0 Å². The van der Waals surface area contributed by atoms with E-state index in [1.54, 1.807) is 11.3 Å². The van der Waals surface area contributed by atoms with Gasteiger partial charge in [-0.2, -0.15) is 0 Å². The molecule has 2 rings (SSSR count). The van der Waals surface area contributed by atoms with Gasteiger partial charge in [0.05, 0.1) is 0 Å². The minimum atomic E-state index is 0. The summed E-state index contributed by atoms with van der Waals surface area (Å²) in [5.74, 6) is 0.652. The van der Waals surface area contributed by atoms with Gasteiger partial charge in [0.2, 0.25) is 0 Å². The van der Waals surface area contributed by atoms with Crippen LogP contribution >= 0.6 is 23.7 Å². The lowest BCUT2D eigenvalue weighted by Crippen LogP contribution is -2.12. The third-order valence-corrected chi connectivity index (χ3v) is 3.62. The third-order valence-electron chi connectivity index (χ3n) is 2.64. The van der Waals surface area contributed by atoms with Crippen LogP contribution in [0.2, 0.25) is 0 Å². The van der Waals surface area contributed by atoms with Crippen molar-refractivity contribution in [1.29, 1.82) is 0 Å². The quantitative estimate of drug-likeness (QED) is 0.866. The molecule has 1 nitrogen and oxygen atoms in total. The minimum Gasteiger partial charge on any atom is -0.324 e. The summed E-state index contributed by atoms with van der Waals surface area (Å²) in [7, 11) is 0. The van der Waals surface area contributed by atoms with Crippen LogP contribution < -0.4 is 5.73 Å². The lowest BCUT2D eigenvalue weighted by Gasteiger charge is -2.13. The maximum Gasteiger partial charge on any atom is 0.0346 e. The highest BCUT2D eigenvalue weighted by atomic mass is 35.5. The summed E-state index contributed by atoms with van der Waals surface area (Å²) in [6, 6.07) is 8.67. The fraction of sp³-hybridized carbons (Fsp3) is 0.385. The number of nitrogens with two attached hydrogens (primary N) is 1. The second-order valence-corrected chi connectivity index (χ2v) is 5.33. The zero-order valence-electron chi connectivity index (χ0n) is 9.64. The van der Waals surface area contributed by atoms with Gasteiger partial charge in [0.1, 0.15) is 0 Å². The largest absolute Gasteiger partial charge is 0.324 e.